The molecule has 0 unspecified atom stereocenters. The number of nitrogens with one attached hydrogen (secondary N) is 1. The Morgan fingerprint density at radius 2 is 1.78 bits per heavy atom. The van der Waals surface area contributed by atoms with Crippen LogP contribution in [0.2, 0.25) is 0 Å². The number of alkyl halides is 3. The fourth-order valence-corrected chi connectivity index (χ4v) is 5.55. The van der Waals surface area contributed by atoms with Gasteiger partial charge in [0.05, 0.1) is 24.8 Å². The molecule has 0 saturated carbocycles. The van der Waals surface area contributed by atoms with Crippen molar-refractivity contribution in [3.05, 3.63) is 86.1 Å². The molecule has 1 amide bonds. The maximum Gasteiger partial charge on any atom is 0.411 e. The maximum atomic E-state index is 15.2. The van der Waals surface area contributed by atoms with Crippen molar-refractivity contribution < 1.29 is 36.3 Å². The van der Waals surface area contributed by atoms with Gasteiger partial charge in [0.25, 0.3) is 11.5 Å². The van der Waals surface area contributed by atoms with E-state index in [1.807, 2.05) is 0 Å². The van der Waals surface area contributed by atoms with Gasteiger partial charge in [-0.05, 0) is 38.1 Å². The summed E-state index contributed by atoms with van der Waals surface area (Å²) in [5.74, 6) is -4.64. The van der Waals surface area contributed by atoms with Crippen molar-refractivity contribution >= 4 is 23.0 Å². The molecule has 244 valence electrons. The highest BCUT2D eigenvalue weighted by Gasteiger charge is 2.46. The zero-order chi connectivity index (χ0) is 33.7. The molecule has 16 heteroatoms. The van der Waals surface area contributed by atoms with Crippen molar-refractivity contribution in [2.75, 3.05) is 24.7 Å². The maximum absolute atomic E-state index is 15.2. The minimum atomic E-state index is -4.73. The molecule has 1 aromatic carbocycles. The number of hydrogen-bond donors (Lipinski definition) is 1. The van der Waals surface area contributed by atoms with Crippen LogP contribution < -0.4 is 21.5 Å². The van der Waals surface area contributed by atoms with Crippen LogP contribution in [0.1, 0.15) is 28.7 Å². The van der Waals surface area contributed by atoms with E-state index < -0.39 is 70.7 Å². The van der Waals surface area contributed by atoms with Gasteiger partial charge in [-0.25, -0.2) is 18.6 Å². The Bertz CT molecular complexity index is 1960. The highest BCUT2D eigenvalue weighted by molar-refractivity contribution is 5.98. The number of carbonyl (C=O) groups excluding carboxylic acids is 2. The summed E-state index contributed by atoms with van der Waals surface area (Å²) in [5.41, 5.74) is -0.712. The molecule has 4 aromatic rings. The smallest absolute Gasteiger partial charge is 0.377 e. The zero-order valence-electron chi connectivity index (χ0n) is 25.1. The number of imidazole rings is 1. The molecule has 1 saturated heterocycles. The Kier molecular flexibility index (Phi) is 8.59. The minimum absolute atomic E-state index is 0.0925. The van der Waals surface area contributed by atoms with Crippen LogP contribution in [0, 0.1) is 18.6 Å². The molecule has 0 aliphatic carbocycles. The molecule has 46 heavy (non-hydrogen) atoms. The first-order chi connectivity index (χ1) is 21.6. The SMILES string of the molecule is CC(=O)[C@H](Cc1ccc(-c2c(C)n(C)c(=O)n(C)c2=O)c2nccn12)NC(=O)c1c(F)cc(N2CCOC[C@@H]2C(F)(F)F)cc1F. The molecular formula is C30H29F5N6O5. The van der Waals surface area contributed by atoms with Crippen LogP contribution in [0.3, 0.4) is 0 Å². The first-order valence-corrected chi connectivity index (χ1v) is 14.0. The van der Waals surface area contributed by atoms with E-state index in [2.05, 4.69) is 10.3 Å². The molecule has 0 radical (unpaired) electrons. The van der Waals surface area contributed by atoms with Crippen LogP contribution in [0.4, 0.5) is 27.6 Å². The van der Waals surface area contributed by atoms with Crippen LogP contribution in [-0.4, -0.2) is 68.2 Å². The number of nitrogens with zero attached hydrogens (tertiary/aromatic N) is 5. The van der Waals surface area contributed by atoms with Gasteiger partial charge in [0, 0.05) is 62.1 Å². The Hall–Kier alpha value is -4.86. The number of ketones is 1. The molecule has 1 aliphatic heterocycles. The van der Waals surface area contributed by atoms with E-state index in [4.69, 9.17) is 4.74 Å². The summed E-state index contributed by atoms with van der Waals surface area (Å²) in [6.45, 7) is 1.70. The number of halogens is 5. The average Bonchev–Trinajstić information content (AvgIpc) is 3.49. The van der Waals surface area contributed by atoms with E-state index in [0.29, 0.717) is 34.7 Å². The number of aromatic nitrogens is 4. The molecule has 4 heterocycles. The first kappa shape index (κ1) is 32.5. The lowest BCUT2D eigenvalue weighted by Gasteiger charge is -2.38. The number of anilines is 1. The predicted octanol–water partition coefficient (Wildman–Crippen LogP) is 2.68. The molecule has 3 aromatic heterocycles. The second-order valence-electron chi connectivity index (χ2n) is 11.0. The van der Waals surface area contributed by atoms with E-state index in [9.17, 15) is 32.3 Å². The van der Waals surface area contributed by atoms with Crippen LogP contribution >= 0.6 is 0 Å². The van der Waals surface area contributed by atoms with Gasteiger partial charge >= 0.3 is 11.9 Å². The van der Waals surface area contributed by atoms with Crippen molar-refractivity contribution in [1.29, 1.82) is 0 Å². The number of benzene rings is 1. The summed E-state index contributed by atoms with van der Waals surface area (Å²) >= 11 is 0. The summed E-state index contributed by atoms with van der Waals surface area (Å²) in [4.78, 5) is 56.2. The van der Waals surface area contributed by atoms with E-state index in [0.717, 1.165) is 9.47 Å². The number of carbonyl (C=O) groups is 2. The number of hydrogen-bond acceptors (Lipinski definition) is 7. The summed E-state index contributed by atoms with van der Waals surface area (Å²) in [7, 11) is 2.88. The van der Waals surface area contributed by atoms with E-state index >= 15 is 8.78 Å². The Morgan fingerprint density at radius 3 is 2.41 bits per heavy atom. The van der Waals surface area contributed by atoms with Crippen molar-refractivity contribution in [1.82, 2.24) is 23.8 Å². The highest BCUT2D eigenvalue weighted by Crippen LogP contribution is 2.33. The second-order valence-corrected chi connectivity index (χ2v) is 11.0. The van der Waals surface area contributed by atoms with Crippen LogP contribution in [-0.2, 0) is 30.0 Å². The summed E-state index contributed by atoms with van der Waals surface area (Å²) in [5, 5.41) is 2.33. The second kappa shape index (κ2) is 12.2. The zero-order valence-corrected chi connectivity index (χ0v) is 25.1. The molecule has 1 aliphatic rings. The fourth-order valence-electron chi connectivity index (χ4n) is 5.55. The summed E-state index contributed by atoms with van der Waals surface area (Å²) in [6.07, 6.45) is -1.87. The molecular weight excluding hydrogens is 619 g/mol. The third-order valence-electron chi connectivity index (χ3n) is 8.16. The van der Waals surface area contributed by atoms with Gasteiger partial charge in [-0.15, -0.1) is 0 Å². The van der Waals surface area contributed by atoms with Gasteiger partial charge in [-0.2, -0.15) is 13.2 Å². The van der Waals surface area contributed by atoms with Gasteiger partial charge in [0.15, 0.2) is 5.78 Å². The third kappa shape index (κ3) is 5.79. The van der Waals surface area contributed by atoms with Gasteiger partial charge in [0.1, 0.15) is 28.9 Å². The van der Waals surface area contributed by atoms with E-state index in [1.165, 1.54) is 31.8 Å². The Morgan fingerprint density at radius 1 is 1.11 bits per heavy atom. The molecule has 1 N–H and O–H groups in total. The van der Waals surface area contributed by atoms with Gasteiger partial charge < -0.3 is 23.9 Å². The number of morpholine rings is 1. The molecule has 11 nitrogen and oxygen atoms in total. The number of amides is 1. The van der Waals surface area contributed by atoms with Gasteiger partial charge in [-0.3, -0.25) is 19.0 Å². The number of Topliss-reactive ketones (excluding diaryl/α,β-unsaturated/α-hetero) is 1. The topological polar surface area (TPSA) is 120 Å². The lowest BCUT2D eigenvalue weighted by molar-refractivity contribution is -0.167. The minimum Gasteiger partial charge on any atom is -0.377 e. The lowest BCUT2D eigenvalue weighted by atomic mass is 10.0. The Labute approximate surface area is 257 Å². The number of ether oxygens (including phenoxy) is 1. The number of pyridine rings is 1. The standard InChI is InChI=1S/C30H29F5N6O5/c1-15-24(28(44)39(4)29(45)38(15)3)19-6-5-17(41-8-7-36-26(19)41)13-22(16(2)42)37-27(43)25-20(31)11-18(12-21(25)32)40-9-10-46-14-23(40)30(33,34)35/h5-8,11-12,22-23H,9-10,13-14H2,1-4H3,(H,37,43)/t22-,23+/m0/s1. The number of rotatable bonds is 7. The fraction of sp³-hybridized carbons (Fsp3) is 0.367. The van der Waals surface area contributed by atoms with Crippen LogP contribution in [0.5, 0.6) is 0 Å². The van der Waals surface area contributed by atoms with Gasteiger partial charge in [0.2, 0.25) is 0 Å². The largest absolute Gasteiger partial charge is 0.411 e. The van der Waals surface area contributed by atoms with Crippen molar-refractivity contribution in [2.45, 2.75) is 38.5 Å². The van der Waals surface area contributed by atoms with Crippen molar-refractivity contribution in [3.63, 3.8) is 0 Å². The average molecular weight is 649 g/mol. The monoisotopic (exact) mass is 648 g/mol. The van der Waals surface area contributed by atoms with E-state index in [1.54, 1.807) is 29.7 Å². The summed E-state index contributed by atoms with van der Waals surface area (Å²) in [6, 6.07) is 1.06. The van der Waals surface area contributed by atoms with Crippen LogP contribution in [0.15, 0.2) is 46.2 Å². The third-order valence-corrected chi connectivity index (χ3v) is 8.16. The number of fused-ring (bicyclic) bond motifs is 1. The van der Waals surface area contributed by atoms with Crippen molar-refractivity contribution in [3.8, 4) is 11.1 Å². The van der Waals surface area contributed by atoms with E-state index in [-0.39, 0.29) is 25.1 Å². The molecule has 0 spiro atoms. The normalized spacial score (nSPS) is 16.1. The molecule has 2 atom stereocenters. The Balaban J connectivity index is 1.44. The predicted molar refractivity (Wildman–Crippen MR) is 156 cm³/mol. The molecule has 1 fully saturated rings. The first-order valence-electron chi connectivity index (χ1n) is 14.0. The molecule has 5 rings (SSSR count). The highest BCUT2D eigenvalue weighted by atomic mass is 19.4. The quantitative estimate of drug-likeness (QED) is 0.306. The van der Waals surface area contributed by atoms with Gasteiger partial charge in [-0.1, -0.05) is 0 Å². The molecule has 0 bridgehead atoms. The van der Waals surface area contributed by atoms with Crippen molar-refractivity contribution in [2.24, 2.45) is 14.1 Å². The van der Waals surface area contributed by atoms with Crippen LogP contribution in [0.25, 0.3) is 16.8 Å². The lowest BCUT2D eigenvalue weighted by Crippen LogP contribution is -2.53. The summed E-state index contributed by atoms with van der Waals surface area (Å²) < 4.78 is 79.6.